The third kappa shape index (κ3) is 3.92. The van der Waals surface area contributed by atoms with Crippen molar-refractivity contribution in [2.75, 3.05) is 17.7 Å². The van der Waals surface area contributed by atoms with Gasteiger partial charge in [-0.1, -0.05) is 13.8 Å². The summed E-state index contributed by atoms with van der Waals surface area (Å²) in [5, 5.41) is 3.26. The molecule has 1 rings (SSSR count). The minimum absolute atomic E-state index is 0.201. The van der Waals surface area contributed by atoms with Gasteiger partial charge in [-0.2, -0.15) is 0 Å². The molecule has 0 aliphatic rings. The van der Waals surface area contributed by atoms with Crippen LogP contribution in [-0.2, 0) is 0 Å². The first-order valence-corrected chi connectivity index (χ1v) is 5.23. The van der Waals surface area contributed by atoms with E-state index in [2.05, 4.69) is 29.1 Å². The van der Waals surface area contributed by atoms with Crippen LogP contribution in [0.2, 0.25) is 0 Å². The lowest BCUT2D eigenvalue weighted by Crippen LogP contribution is -2.23. The number of aromatic nitrogens is 2. The van der Waals surface area contributed by atoms with Crippen molar-refractivity contribution < 1.29 is 0 Å². The number of hydrogen-bond acceptors (Lipinski definition) is 3. The number of anilines is 1. The van der Waals surface area contributed by atoms with Gasteiger partial charge in [-0.25, -0.2) is 9.97 Å². The van der Waals surface area contributed by atoms with Gasteiger partial charge in [0.15, 0.2) is 0 Å². The summed E-state index contributed by atoms with van der Waals surface area (Å²) in [5.74, 6) is 1.56. The molecule has 0 amide bonds. The Morgan fingerprint density at radius 2 is 2.29 bits per heavy atom. The molecule has 4 heteroatoms. The van der Waals surface area contributed by atoms with E-state index in [1.165, 1.54) is 6.33 Å². The van der Waals surface area contributed by atoms with E-state index in [-0.39, 0.29) is 5.41 Å². The summed E-state index contributed by atoms with van der Waals surface area (Å²) in [6, 6.07) is 1.86. The van der Waals surface area contributed by atoms with Gasteiger partial charge in [-0.3, -0.25) is 0 Å². The Balaban J connectivity index is 2.40. The Labute approximate surface area is 89.9 Å². The number of halogens is 1. The molecule has 0 aliphatic heterocycles. The largest absolute Gasteiger partial charge is 0.369 e. The Bertz CT molecular complexity index is 261. The molecular weight excluding hydrogens is 198 g/mol. The minimum atomic E-state index is 0.201. The molecule has 0 saturated heterocycles. The second-order valence-electron chi connectivity index (χ2n) is 4.05. The summed E-state index contributed by atoms with van der Waals surface area (Å²) in [4.78, 5) is 7.94. The Hall–Kier alpha value is -0.830. The fourth-order valence-electron chi connectivity index (χ4n) is 1.07. The van der Waals surface area contributed by atoms with Crippen LogP contribution in [0.3, 0.4) is 0 Å². The predicted octanol–water partition coefficient (Wildman–Crippen LogP) is 2.54. The average Bonchev–Trinajstić information content (AvgIpc) is 2.17. The maximum Gasteiger partial charge on any atom is 0.129 e. The van der Waals surface area contributed by atoms with Crippen LogP contribution in [0, 0.1) is 5.41 Å². The fraction of sp³-hybridized carbons (Fsp3) is 0.600. The molecule has 0 aliphatic carbocycles. The normalized spacial score (nSPS) is 11.4. The maximum absolute atomic E-state index is 5.71. The third-order valence-electron chi connectivity index (χ3n) is 2.10. The van der Waals surface area contributed by atoms with Crippen molar-refractivity contribution in [3.8, 4) is 0 Å². The standard InChI is InChI=1S/C10H16ClN3/c1-10(2,4-5-11)7-13-9-3-6-12-8-14-9/h3,6,8H,4-5,7H2,1-2H3,(H,12,13,14). The summed E-state index contributed by atoms with van der Waals surface area (Å²) in [5.41, 5.74) is 0.201. The smallest absolute Gasteiger partial charge is 0.129 e. The van der Waals surface area contributed by atoms with E-state index in [9.17, 15) is 0 Å². The van der Waals surface area contributed by atoms with E-state index in [0.717, 1.165) is 18.8 Å². The molecular formula is C10H16ClN3. The van der Waals surface area contributed by atoms with Crippen molar-refractivity contribution in [2.45, 2.75) is 20.3 Å². The van der Waals surface area contributed by atoms with Crippen LogP contribution in [-0.4, -0.2) is 22.4 Å². The zero-order valence-corrected chi connectivity index (χ0v) is 9.38. The van der Waals surface area contributed by atoms with Gasteiger partial charge >= 0.3 is 0 Å². The van der Waals surface area contributed by atoms with Crippen LogP contribution in [0.15, 0.2) is 18.6 Å². The van der Waals surface area contributed by atoms with Gasteiger partial charge in [-0.05, 0) is 17.9 Å². The van der Waals surface area contributed by atoms with Gasteiger partial charge in [0, 0.05) is 18.6 Å². The van der Waals surface area contributed by atoms with Gasteiger partial charge in [0.05, 0.1) is 0 Å². The van der Waals surface area contributed by atoms with Gasteiger partial charge in [-0.15, -0.1) is 11.6 Å². The van der Waals surface area contributed by atoms with E-state index in [0.29, 0.717) is 5.88 Å². The molecule has 14 heavy (non-hydrogen) atoms. The van der Waals surface area contributed by atoms with E-state index in [4.69, 9.17) is 11.6 Å². The van der Waals surface area contributed by atoms with Gasteiger partial charge in [0.1, 0.15) is 12.1 Å². The summed E-state index contributed by atoms with van der Waals surface area (Å²) in [6.45, 7) is 5.24. The third-order valence-corrected chi connectivity index (χ3v) is 2.29. The van der Waals surface area contributed by atoms with Gasteiger partial charge in [0.2, 0.25) is 0 Å². The monoisotopic (exact) mass is 213 g/mol. The summed E-state index contributed by atoms with van der Waals surface area (Å²) < 4.78 is 0. The Kier molecular flexibility index (Phi) is 4.14. The topological polar surface area (TPSA) is 37.8 Å². The summed E-state index contributed by atoms with van der Waals surface area (Å²) in [6.07, 6.45) is 4.26. The van der Waals surface area contributed by atoms with Crippen molar-refractivity contribution in [1.29, 1.82) is 0 Å². The van der Waals surface area contributed by atoms with Crippen molar-refractivity contribution >= 4 is 17.4 Å². The van der Waals surface area contributed by atoms with Gasteiger partial charge in [0.25, 0.3) is 0 Å². The van der Waals surface area contributed by atoms with Crippen LogP contribution in [0.25, 0.3) is 0 Å². The van der Waals surface area contributed by atoms with E-state index < -0.39 is 0 Å². The molecule has 1 aromatic rings. The van der Waals surface area contributed by atoms with E-state index in [1.54, 1.807) is 6.20 Å². The fourth-order valence-corrected chi connectivity index (χ4v) is 1.58. The van der Waals surface area contributed by atoms with Crippen LogP contribution < -0.4 is 5.32 Å². The van der Waals surface area contributed by atoms with E-state index >= 15 is 0 Å². The summed E-state index contributed by atoms with van der Waals surface area (Å²) in [7, 11) is 0. The van der Waals surface area contributed by atoms with Gasteiger partial charge < -0.3 is 5.32 Å². The van der Waals surface area contributed by atoms with Crippen LogP contribution in [0.1, 0.15) is 20.3 Å². The van der Waals surface area contributed by atoms with Crippen molar-refractivity contribution in [2.24, 2.45) is 5.41 Å². The summed E-state index contributed by atoms with van der Waals surface area (Å²) >= 11 is 5.71. The molecule has 0 bridgehead atoms. The first-order chi connectivity index (χ1) is 6.64. The van der Waals surface area contributed by atoms with Crippen LogP contribution in [0.4, 0.5) is 5.82 Å². The van der Waals surface area contributed by atoms with Crippen molar-refractivity contribution in [3.05, 3.63) is 18.6 Å². The molecule has 0 spiro atoms. The lowest BCUT2D eigenvalue weighted by Gasteiger charge is -2.23. The lowest BCUT2D eigenvalue weighted by molar-refractivity contribution is 0.379. The predicted molar refractivity (Wildman–Crippen MR) is 59.6 cm³/mol. The lowest BCUT2D eigenvalue weighted by atomic mass is 9.90. The molecule has 0 atom stereocenters. The van der Waals surface area contributed by atoms with Crippen molar-refractivity contribution in [1.82, 2.24) is 9.97 Å². The highest BCUT2D eigenvalue weighted by Gasteiger charge is 2.16. The SMILES string of the molecule is CC(C)(CCCl)CNc1ccncn1. The average molecular weight is 214 g/mol. The number of nitrogens with one attached hydrogen (secondary N) is 1. The molecule has 3 nitrogen and oxygen atoms in total. The number of hydrogen-bond donors (Lipinski definition) is 1. The number of nitrogens with zero attached hydrogens (tertiary/aromatic N) is 2. The number of alkyl halides is 1. The van der Waals surface area contributed by atoms with E-state index in [1.807, 2.05) is 6.07 Å². The first-order valence-electron chi connectivity index (χ1n) is 4.70. The quantitative estimate of drug-likeness (QED) is 0.764. The molecule has 1 aromatic heterocycles. The molecule has 78 valence electrons. The molecule has 1 heterocycles. The molecule has 0 aromatic carbocycles. The highest BCUT2D eigenvalue weighted by Crippen LogP contribution is 2.20. The van der Waals surface area contributed by atoms with Crippen molar-refractivity contribution in [3.63, 3.8) is 0 Å². The second-order valence-corrected chi connectivity index (χ2v) is 4.43. The Morgan fingerprint density at radius 1 is 1.50 bits per heavy atom. The zero-order valence-electron chi connectivity index (χ0n) is 8.63. The van der Waals surface area contributed by atoms with Crippen LogP contribution in [0.5, 0.6) is 0 Å². The zero-order chi connectivity index (χ0) is 10.4. The molecule has 0 unspecified atom stereocenters. The highest BCUT2D eigenvalue weighted by atomic mass is 35.5. The Morgan fingerprint density at radius 3 is 2.86 bits per heavy atom. The molecule has 1 N–H and O–H groups in total. The van der Waals surface area contributed by atoms with Crippen LogP contribution >= 0.6 is 11.6 Å². The molecule has 0 radical (unpaired) electrons. The second kappa shape index (κ2) is 5.15. The molecule has 0 saturated carbocycles. The number of rotatable bonds is 5. The molecule has 0 fully saturated rings. The highest BCUT2D eigenvalue weighted by molar-refractivity contribution is 6.17. The minimum Gasteiger partial charge on any atom is -0.369 e. The first kappa shape index (κ1) is 11.2. The maximum atomic E-state index is 5.71.